The first-order valence-corrected chi connectivity index (χ1v) is 12.0. The Bertz CT molecular complexity index is 1470. The van der Waals surface area contributed by atoms with Crippen LogP contribution >= 0.6 is 0 Å². The van der Waals surface area contributed by atoms with E-state index in [0.29, 0.717) is 25.3 Å². The van der Waals surface area contributed by atoms with Crippen molar-refractivity contribution >= 4 is 34.2 Å². The summed E-state index contributed by atoms with van der Waals surface area (Å²) < 4.78 is 2.24. The van der Waals surface area contributed by atoms with Crippen LogP contribution in [-0.4, -0.2) is 39.9 Å². The molecule has 2 amide bonds. The van der Waals surface area contributed by atoms with Crippen molar-refractivity contribution in [3.63, 3.8) is 0 Å². The highest BCUT2D eigenvalue weighted by Crippen LogP contribution is 2.44. The fourth-order valence-electron chi connectivity index (χ4n) is 5.58. The van der Waals surface area contributed by atoms with E-state index in [2.05, 4.69) is 45.0 Å². The van der Waals surface area contributed by atoms with E-state index in [1.807, 2.05) is 54.3 Å². The van der Waals surface area contributed by atoms with Gasteiger partial charge in [-0.05, 0) is 49.2 Å². The van der Waals surface area contributed by atoms with Crippen LogP contribution in [0.5, 0.6) is 0 Å². The number of aromatic nitrogens is 2. The quantitative estimate of drug-likeness (QED) is 0.481. The molecule has 2 aliphatic heterocycles. The number of hydrogen-bond acceptors (Lipinski definition) is 4. The highest BCUT2D eigenvalue weighted by atomic mass is 16.2. The number of carbonyl (C=O) groups excluding carboxylic acids is 2. The van der Waals surface area contributed by atoms with E-state index in [-0.39, 0.29) is 18.0 Å². The van der Waals surface area contributed by atoms with Gasteiger partial charge in [0.25, 0.3) is 5.91 Å². The second-order valence-electron chi connectivity index (χ2n) is 9.25. The maximum atomic E-state index is 13.4. The molecule has 35 heavy (non-hydrogen) atoms. The molecule has 1 N–H and O–H groups in total. The number of rotatable bonds is 4. The van der Waals surface area contributed by atoms with Crippen molar-refractivity contribution in [2.45, 2.75) is 32.5 Å². The van der Waals surface area contributed by atoms with Gasteiger partial charge in [0.15, 0.2) is 0 Å². The Morgan fingerprint density at radius 1 is 1.06 bits per heavy atom. The number of fused-ring (bicyclic) bond motifs is 6. The SMILES string of the molecule is Cc1cccc(NC(=O)CCn2c3c(c4ccccc42)CCN2C(=O)c4ccccc4N(C)[C@@H]32)n1. The predicted octanol–water partition coefficient (Wildman–Crippen LogP) is 4.52. The van der Waals surface area contributed by atoms with Gasteiger partial charge in [-0.3, -0.25) is 9.59 Å². The van der Waals surface area contributed by atoms with Crippen molar-refractivity contribution in [3.8, 4) is 0 Å². The Morgan fingerprint density at radius 2 is 1.86 bits per heavy atom. The van der Waals surface area contributed by atoms with E-state index in [9.17, 15) is 9.59 Å². The molecule has 7 heteroatoms. The van der Waals surface area contributed by atoms with E-state index in [1.165, 1.54) is 10.9 Å². The highest BCUT2D eigenvalue weighted by molar-refractivity contribution is 6.02. The molecular formula is C28H27N5O2. The minimum atomic E-state index is -0.213. The van der Waals surface area contributed by atoms with Gasteiger partial charge in [-0.1, -0.05) is 36.4 Å². The molecule has 0 spiro atoms. The monoisotopic (exact) mass is 465 g/mol. The standard InChI is InChI=1S/C28H27N5O2/c1-18-8-7-13-24(29-18)30-25(34)15-17-32-23-12-6-3-9-19(23)20-14-16-33-27(26(20)32)31(2)22-11-5-4-10-21(22)28(33)35/h3-13,27H,14-17H2,1-2H3,(H,29,30,34)/t27-/m1/s1. The summed E-state index contributed by atoms with van der Waals surface area (Å²) in [6, 6.07) is 21.7. The van der Waals surface area contributed by atoms with E-state index in [4.69, 9.17) is 0 Å². The molecule has 0 saturated carbocycles. The predicted molar refractivity (Wildman–Crippen MR) is 136 cm³/mol. The Labute approximate surface area is 204 Å². The van der Waals surface area contributed by atoms with Gasteiger partial charge in [0.2, 0.25) is 5.91 Å². The average molecular weight is 466 g/mol. The van der Waals surface area contributed by atoms with Crippen LogP contribution in [0.3, 0.4) is 0 Å². The van der Waals surface area contributed by atoms with Gasteiger partial charge in [0.05, 0.1) is 16.9 Å². The fourth-order valence-corrected chi connectivity index (χ4v) is 5.58. The lowest BCUT2D eigenvalue weighted by Gasteiger charge is -2.46. The van der Waals surface area contributed by atoms with E-state index >= 15 is 0 Å². The Hall–Kier alpha value is -4.13. The second-order valence-corrected chi connectivity index (χ2v) is 9.25. The Kier molecular flexibility index (Phi) is 5.06. The molecule has 1 atom stereocenters. The summed E-state index contributed by atoms with van der Waals surface area (Å²) in [5, 5.41) is 4.12. The summed E-state index contributed by atoms with van der Waals surface area (Å²) in [6.07, 6.45) is 0.886. The van der Waals surface area contributed by atoms with Gasteiger partial charge in [-0.25, -0.2) is 4.98 Å². The maximum Gasteiger partial charge on any atom is 0.257 e. The van der Waals surface area contributed by atoms with Crippen LogP contribution in [0.1, 0.15) is 39.9 Å². The van der Waals surface area contributed by atoms with Gasteiger partial charge in [-0.15, -0.1) is 0 Å². The molecule has 6 rings (SSSR count). The van der Waals surface area contributed by atoms with Crippen molar-refractivity contribution in [2.24, 2.45) is 0 Å². The Balaban J connectivity index is 1.39. The molecule has 2 aliphatic rings. The first-order valence-electron chi connectivity index (χ1n) is 12.0. The van der Waals surface area contributed by atoms with Crippen molar-refractivity contribution in [1.82, 2.24) is 14.5 Å². The number of pyridine rings is 1. The van der Waals surface area contributed by atoms with Gasteiger partial charge in [0, 0.05) is 43.2 Å². The third-order valence-corrected chi connectivity index (χ3v) is 7.12. The minimum Gasteiger partial charge on any atom is -0.349 e. The molecule has 2 aromatic carbocycles. The molecule has 0 fully saturated rings. The number of para-hydroxylation sites is 2. The van der Waals surface area contributed by atoms with Gasteiger partial charge in [-0.2, -0.15) is 0 Å². The number of benzene rings is 2. The van der Waals surface area contributed by atoms with Gasteiger partial charge in [0.1, 0.15) is 12.0 Å². The molecular weight excluding hydrogens is 438 g/mol. The van der Waals surface area contributed by atoms with Crippen LogP contribution in [-0.2, 0) is 17.8 Å². The summed E-state index contributed by atoms with van der Waals surface area (Å²) in [5.74, 6) is 0.546. The first-order chi connectivity index (χ1) is 17.0. The zero-order valence-electron chi connectivity index (χ0n) is 19.9. The summed E-state index contributed by atoms with van der Waals surface area (Å²) >= 11 is 0. The second kappa shape index (κ2) is 8.27. The highest BCUT2D eigenvalue weighted by Gasteiger charge is 2.42. The molecule has 0 aliphatic carbocycles. The maximum absolute atomic E-state index is 13.4. The lowest BCUT2D eigenvalue weighted by atomic mass is 9.96. The number of carbonyl (C=O) groups is 2. The molecule has 176 valence electrons. The summed E-state index contributed by atoms with van der Waals surface area (Å²) in [4.78, 5) is 34.8. The van der Waals surface area contributed by atoms with Crippen molar-refractivity contribution < 1.29 is 9.59 Å². The molecule has 4 aromatic rings. The summed E-state index contributed by atoms with van der Waals surface area (Å²) in [7, 11) is 2.05. The molecule has 0 saturated heterocycles. The van der Waals surface area contributed by atoms with Crippen LogP contribution in [0.15, 0.2) is 66.7 Å². The van der Waals surface area contributed by atoms with E-state index in [0.717, 1.165) is 34.6 Å². The molecule has 0 bridgehead atoms. The fraction of sp³-hybridized carbons (Fsp3) is 0.250. The van der Waals surface area contributed by atoms with Crippen molar-refractivity contribution in [2.75, 3.05) is 23.8 Å². The largest absolute Gasteiger partial charge is 0.349 e. The normalized spacial score (nSPS) is 16.6. The number of hydrogen-bond donors (Lipinski definition) is 1. The molecule has 4 heterocycles. The van der Waals surface area contributed by atoms with Crippen molar-refractivity contribution in [3.05, 3.63) is 89.2 Å². The number of nitrogens with one attached hydrogen (secondary N) is 1. The van der Waals surface area contributed by atoms with E-state index in [1.54, 1.807) is 6.07 Å². The zero-order valence-corrected chi connectivity index (χ0v) is 19.9. The smallest absolute Gasteiger partial charge is 0.257 e. The van der Waals surface area contributed by atoms with Gasteiger partial charge < -0.3 is 19.7 Å². The molecule has 0 radical (unpaired) electrons. The number of aryl methyl sites for hydroxylation is 2. The third kappa shape index (κ3) is 3.46. The number of nitrogens with zero attached hydrogens (tertiary/aromatic N) is 4. The lowest BCUT2D eigenvalue weighted by Crippen LogP contribution is -2.51. The molecule has 7 nitrogen and oxygen atoms in total. The van der Waals surface area contributed by atoms with Crippen LogP contribution in [0.2, 0.25) is 0 Å². The lowest BCUT2D eigenvalue weighted by molar-refractivity contribution is -0.116. The Morgan fingerprint density at radius 3 is 2.71 bits per heavy atom. The average Bonchev–Trinajstić information content (AvgIpc) is 3.19. The number of anilines is 2. The number of amides is 2. The van der Waals surface area contributed by atoms with Crippen LogP contribution in [0, 0.1) is 6.92 Å². The van der Waals surface area contributed by atoms with Crippen molar-refractivity contribution in [1.29, 1.82) is 0 Å². The van der Waals surface area contributed by atoms with Gasteiger partial charge >= 0.3 is 0 Å². The minimum absolute atomic E-state index is 0.0643. The third-order valence-electron chi connectivity index (χ3n) is 7.12. The summed E-state index contributed by atoms with van der Waals surface area (Å²) in [5.41, 5.74) is 6.00. The van der Waals surface area contributed by atoms with E-state index < -0.39 is 0 Å². The topological polar surface area (TPSA) is 70.5 Å². The van der Waals surface area contributed by atoms with Crippen LogP contribution in [0.25, 0.3) is 10.9 Å². The summed E-state index contributed by atoms with van der Waals surface area (Å²) in [6.45, 7) is 3.09. The molecule has 0 unspecified atom stereocenters. The first kappa shape index (κ1) is 21.4. The molecule has 2 aromatic heterocycles. The van der Waals surface area contributed by atoms with Crippen LogP contribution < -0.4 is 10.2 Å². The van der Waals surface area contributed by atoms with Crippen LogP contribution in [0.4, 0.5) is 11.5 Å². The zero-order chi connectivity index (χ0) is 24.1.